The minimum atomic E-state index is -0.100. The summed E-state index contributed by atoms with van der Waals surface area (Å²) in [6.45, 7) is 0.803. The van der Waals surface area contributed by atoms with Gasteiger partial charge in [-0.15, -0.1) is 22.7 Å². The molecule has 0 unspecified atom stereocenters. The van der Waals surface area contributed by atoms with Crippen molar-refractivity contribution >= 4 is 44.5 Å². The van der Waals surface area contributed by atoms with Crippen LogP contribution in [-0.4, -0.2) is 12.5 Å². The summed E-state index contributed by atoms with van der Waals surface area (Å²) < 4.78 is 1.02. The minimum Gasteiger partial charge on any atom is -0.346 e. The highest BCUT2D eigenvalue weighted by atomic mass is 79.9. The van der Waals surface area contributed by atoms with Crippen LogP contribution in [0.1, 0.15) is 20.1 Å². The van der Waals surface area contributed by atoms with Gasteiger partial charge in [-0.25, -0.2) is 0 Å². The van der Waals surface area contributed by atoms with E-state index >= 15 is 0 Å². The van der Waals surface area contributed by atoms with Gasteiger partial charge < -0.3 is 11.1 Å². The molecule has 2 aromatic heterocycles. The molecule has 0 saturated heterocycles. The van der Waals surface area contributed by atoms with Gasteiger partial charge in [-0.05, 0) is 38.8 Å². The van der Waals surface area contributed by atoms with Gasteiger partial charge in [0.25, 0.3) is 5.91 Å². The first-order valence-corrected chi connectivity index (χ1v) is 8.04. The smallest absolute Gasteiger partial charge is 0.262 e. The number of nitrogens with two attached hydrogens (primary N) is 1. The van der Waals surface area contributed by atoms with Gasteiger partial charge in [-0.3, -0.25) is 4.79 Å². The Kier molecular flexibility index (Phi) is 5.16. The number of hydrogen-bond acceptors (Lipinski definition) is 4. The van der Waals surface area contributed by atoms with Crippen molar-refractivity contribution in [3.63, 3.8) is 0 Å². The molecule has 19 heavy (non-hydrogen) atoms. The first kappa shape index (κ1) is 14.3. The van der Waals surface area contributed by atoms with Crippen LogP contribution in [0, 0.1) is 11.8 Å². The second kappa shape index (κ2) is 6.87. The Bertz CT molecular complexity index is 636. The van der Waals surface area contributed by atoms with Gasteiger partial charge >= 0.3 is 0 Å². The van der Waals surface area contributed by atoms with Crippen molar-refractivity contribution in [1.29, 1.82) is 0 Å². The fourth-order valence-electron chi connectivity index (χ4n) is 1.42. The average Bonchev–Trinajstić information content (AvgIpc) is 3.02. The third-order valence-electron chi connectivity index (χ3n) is 2.30. The molecule has 0 fully saturated rings. The van der Waals surface area contributed by atoms with Crippen LogP contribution in [0.5, 0.6) is 0 Å². The molecule has 0 spiro atoms. The summed E-state index contributed by atoms with van der Waals surface area (Å²) in [5, 5.41) is 6.74. The molecule has 0 atom stereocenters. The minimum absolute atomic E-state index is 0.100. The molecular weight excluding hydrogens is 344 g/mol. The van der Waals surface area contributed by atoms with Gasteiger partial charge in [-0.1, -0.05) is 11.8 Å². The van der Waals surface area contributed by atoms with Crippen molar-refractivity contribution in [1.82, 2.24) is 5.32 Å². The van der Waals surface area contributed by atoms with Crippen molar-refractivity contribution in [2.45, 2.75) is 6.54 Å². The Labute approximate surface area is 128 Å². The van der Waals surface area contributed by atoms with E-state index in [0.29, 0.717) is 18.0 Å². The fraction of sp³-hybridized carbons (Fsp3) is 0.154. The summed E-state index contributed by atoms with van der Waals surface area (Å²) >= 11 is 6.43. The van der Waals surface area contributed by atoms with E-state index in [0.717, 1.165) is 14.9 Å². The number of amides is 1. The Morgan fingerprint density at radius 1 is 1.37 bits per heavy atom. The Balaban J connectivity index is 2.04. The predicted octanol–water partition coefficient (Wildman–Crippen LogP) is 2.81. The van der Waals surface area contributed by atoms with E-state index in [1.165, 1.54) is 11.3 Å². The summed E-state index contributed by atoms with van der Waals surface area (Å²) in [6.07, 6.45) is 0. The maximum absolute atomic E-state index is 12.1. The summed E-state index contributed by atoms with van der Waals surface area (Å²) in [4.78, 5) is 13.8. The lowest BCUT2D eigenvalue weighted by Crippen LogP contribution is -2.22. The van der Waals surface area contributed by atoms with E-state index in [9.17, 15) is 4.79 Å². The zero-order valence-corrected chi connectivity index (χ0v) is 13.1. The molecule has 2 rings (SSSR count). The monoisotopic (exact) mass is 354 g/mol. The molecule has 98 valence electrons. The number of halogens is 1. The van der Waals surface area contributed by atoms with E-state index in [4.69, 9.17) is 5.73 Å². The molecule has 0 bridgehead atoms. The number of thiophene rings is 2. The van der Waals surface area contributed by atoms with Gasteiger partial charge in [-0.2, -0.15) is 0 Å². The number of carbonyl (C=O) groups is 1. The van der Waals surface area contributed by atoms with Crippen LogP contribution in [0.15, 0.2) is 27.4 Å². The zero-order chi connectivity index (χ0) is 13.7. The van der Waals surface area contributed by atoms with Gasteiger partial charge in [0.05, 0.1) is 13.1 Å². The topological polar surface area (TPSA) is 55.1 Å². The molecular formula is C13H11BrN2OS2. The summed E-state index contributed by atoms with van der Waals surface area (Å²) in [5.41, 5.74) is 6.07. The third-order valence-corrected chi connectivity index (χ3v) is 5.14. The lowest BCUT2D eigenvalue weighted by molar-refractivity contribution is 0.0955. The molecule has 2 aromatic rings. The molecule has 0 aliphatic rings. The van der Waals surface area contributed by atoms with E-state index in [1.54, 1.807) is 11.3 Å². The molecule has 3 nitrogen and oxygen atoms in total. The highest BCUT2D eigenvalue weighted by molar-refractivity contribution is 9.10. The predicted molar refractivity (Wildman–Crippen MR) is 83.4 cm³/mol. The van der Waals surface area contributed by atoms with E-state index in [1.807, 2.05) is 22.9 Å². The normalized spacial score (nSPS) is 9.79. The van der Waals surface area contributed by atoms with Crippen molar-refractivity contribution < 1.29 is 4.79 Å². The van der Waals surface area contributed by atoms with Gasteiger partial charge in [0.2, 0.25) is 0 Å². The van der Waals surface area contributed by atoms with Crippen molar-refractivity contribution in [3.05, 3.63) is 42.7 Å². The second-order valence-corrected chi connectivity index (χ2v) is 6.31. The third kappa shape index (κ3) is 3.67. The molecule has 1 amide bonds. The molecule has 0 aliphatic heterocycles. The molecule has 0 aromatic carbocycles. The number of rotatable bonds is 3. The van der Waals surface area contributed by atoms with Crippen LogP contribution < -0.4 is 11.1 Å². The van der Waals surface area contributed by atoms with Crippen LogP contribution in [0.2, 0.25) is 0 Å². The van der Waals surface area contributed by atoms with Gasteiger partial charge in [0, 0.05) is 14.9 Å². The fourth-order valence-corrected chi connectivity index (χ4v) is 3.62. The number of hydrogen-bond donors (Lipinski definition) is 2. The highest BCUT2D eigenvalue weighted by Gasteiger charge is 2.12. The SMILES string of the molecule is NCC#Cc1ccsc1C(=O)NCc1sccc1Br. The largest absolute Gasteiger partial charge is 0.346 e. The molecule has 3 N–H and O–H groups in total. The number of nitrogens with one attached hydrogen (secondary N) is 1. The van der Waals surface area contributed by atoms with Crippen LogP contribution >= 0.6 is 38.6 Å². The lowest BCUT2D eigenvalue weighted by Gasteiger charge is -2.03. The van der Waals surface area contributed by atoms with E-state index in [-0.39, 0.29) is 5.91 Å². The Morgan fingerprint density at radius 3 is 2.84 bits per heavy atom. The van der Waals surface area contributed by atoms with Gasteiger partial charge in [0.1, 0.15) is 4.88 Å². The Hall–Kier alpha value is -1.13. The second-order valence-electron chi connectivity index (χ2n) is 3.54. The quantitative estimate of drug-likeness (QED) is 0.832. The molecule has 0 aliphatic carbocycles. The van der Waals surface area contributed by atoms with Crippen LogP contribution in [0.4, 0.5) is 0 Å². The first-order valence-electron chi connectivity index (χ1n) is 5.49. The molecule has 0 saturated carbocycles. The maximum atomic E-state index is 12.1. The van der Waals surface area contributed by atoms with E-state index in [2.05, 4.69) is 33.1 Å². The summed E-state index contributed by atoms with van der Waals surface area (Å²) in [7, 11) is 0. The van der Waals surface area contributed by atoms with Crippen LogP contribution in [0.3, 0.4) is 0 Å². The van der Waals surface area contributed by atoms with Crippen molar-refractivity contribution in [3.8, 4) is 11.8 Å². The summed E-state index contributed by atoms with van der Waals surface area (Å²) in [5.74, 6) is 5.57. The van der Waals surface area contributed by atoms with Crippen LogP contribution in [-0.2, 0) is 6.54 Å². The van der Waals surface area contributed by atoms with Crippen molar-refractivity contribution in [2.75, 3.05) is 6.54 Å². The standard InChI is InChI=1S/C13H11BrN2OS2/c14-10-4-7-18-11(10)8-16-13(17)12-9(2-1-5-15)3-6-19-12/h3-4,6-7H,5,8,15H2,(H,16,17). The molecule has 2 heterocycles. The van der Waals surface area contributed by atoms with Crippen molar-refractivity contribution in [2.24, 2.45) is 5.73 Å². The summed E-state index contributed by atoms with van der Waals surface area (Å²) in [6, 6.07) is 3.80. The first-order chi connectivity index (χ1) is 9.22. The number of carbonyl (C=O) groups excluding carboxylic acids is 1. The highest BCUT2D eigenvalue weighted by Crippen LogP contribution is 2.22. The molecule has 0 radical (unpaired) electrons. The van der Waals surface area contributed by atoms with E-state index < -0.39 is 0 Å². The van der Waals surface area contributed by atoms with Gasteiger partial charge in [0.15, 0.2) is 0 Å². The Morgan fingerprint density at radius 2 is 2.16 bits per heavy atom. The van der Waals surface area contributed by atoms with Crippen LogP contribution in [0.25, 0.3) is 0 Å². The lowest BCUT2D eigenvalue weighted by atomic mass is 10.2. The zero-order valence-electron chi connectivity index (χ0n) is 9.90. The molecule has 6 heteroatoms. The maximum Gasteiger partial charge on any atom is 0.262 e. The average molecular weight is 355 g/mol.